The minimum Gasteiger partial charge on any atom is -0.462 e. The van der Waals surface area contributed by atoms with Gasteiger partial charge in [-0.2, -0.15) is 0 Å². The maximum Gasteiger partial charge on any atom is 0.338 e. The average molecular weight is 307 g/mol. The first kappa shape index (κ1) is 15.1. The van der Waals surface area contributed by atoms with Gasteiger partial charge in [-0.15, -0.1) is 0 Å². The van der Waals surface area contributed by atoms with Crippen molar-refractivity contribution in [2.45, 2.75) is 6.92 Å². The molecule has 110 valence electrons. The van der Waals surface area contributed by atoms with Crippen molar-refractivity contribution in [2.24, 2.45) is 7.05 Å². The Balaban J connectivity index is 2.08. The molecule has 0 spiro atoms. The molecule has 1 heterocycles. The summed E-state index contributed by atoms with van der Waals surface area (Å²) in [6, 6.07) is 8.09. The number of rotatable bonds is 4. The smallest absolute Gasteiger partial charge is 0.338 e. The number of esters is 1. The number of anilines is 1. The molecule has 0 unspecified atom stereocenters. The molecule has 1 amide bonds. The predicted octanol–water partition coefficient (Wildman–Crippen LogP) is 3.11. The third kappa shape index (κ3) is 3.64. The second kappa shape index (κ2) is 6.45. The first-order chi connectivity index (χ1) is 10.0. The average Bonchev–Trinajstić information content (AvgIpc) is 2.79. The lowest BCUT2D eigenvalue weighted by Crippen LogP contribution is -2.15. The molecule has 5 nitrogen and oxygen atoms in total. The topological polar surface area (TPSA) is 60.3 Å². The number of benzene rings is 1. The van der Waals surface area contributed by atoms with Crippen LogP contribution in [0.5, 0.6) is 0 Å². The van der Waals surface area contributed by atoms with E-state index in [9.17, 15) is 9.59 Å². The van der Waals surface area contributed by atoms with Gasteiger partial charge in [-0.25, -0.2) is 4.79 Å². The number of nitrogens with one attached hydrogen (secondary N) is 1. The molecular formula is C15H15ClN2O3. The zero-order chi connectivity index (χ0) is 15.4. The Morgan fingerprint density at radius 1 is 1.29 bits per heavy atom. The van der Waals surface area contributed by atoms with Gasteiger partial charge in [-0.05, 0) is 37.3 Å². The van der Waals surface area contributed by atoms with Crippen LogP contribution in [0.15, 0.2) is 36.5 Å². The molecule has 0 radical (unpaired) electrons. The molecular weight excluding hydrogens is 292 g/mol. The Kier molecular flexibility index (Phi) is 4.65. The molecule has 0 atom stereocenters. The lowest BCUT2D eigenvalue weighted by molar-refractivity contribution is 0.0526. The minimum absolute atomic E-state index is 0.270. The highest BCUT2D eigenvalue weighted by atomic mass is 35.5. The van der Waals surface area contributed by atoms with Gasteiger partial charge in [-0.3, -0.25) is 4.79 Å². The summed E-state index contributed by atoms with van der Waals surface area (Å²) in [7, 11) is 1.74. The van der Waals surface area contributed by atoms with E-state index in [1.54, 1.807) is 55.1 Å². The van der Waals surface area contributed by atoms with Crippen LogP contribution < -0.4 is 5.32 Å². The fourth-order valence-corrected chi connectivity index (χ4v) is 2.10. The maximum atomic E-state index is 12.1. The zero-order valence-corrected chi connectivity index (χ0v) is 12.5. The van der Waals surface area contributed by atoms with Crippen molar-refractivity contribution in [3.8, 4) is 0 Å². The van der Waals surface area contributed by atoms with Crippen LogP contribution in [0, 0.1) is 0 Å². The lowest BCUT2D eigenvalue weighted by Gasteiger charge is -2.07. The van der Waals surface area contributed by atoms with E-state index in [4.69, 9.17) is 16.3 Å². The third-order valence-electron chi connectivity index (χ3n) is 2.86. The molecule has 2 aromatic rings. The Labute approximate surface area is 127 Å². The van der Waals surface area contributed by atoms with Crippen molar-refractivity contribution in [3.05, 3.63) is 52.8 Å². The van der Waals surface area contributed by atoms with E-state index in [-0.39, 0.29) is 11.9 Å². The van der Waals surface area contributed by atoms with Crippen LogP contribution in [-0.2, 0) is 11.8 Å². The second-order valence-corrected chi connectivity index (χ2v) is 4.84. The van der Waals surface area contributed by atoms with Crippen LogP contribution >= 0.6 is 11.6 Å². The van der Waals surface area contributed by atoms with Gasteiger partial charge in [-0.1, -0.05) is 11.6 Å². The van der Waals surface area contributed by atoms with Crippen molar-refractivity contribution in [2.75, 3.05) is 11.9 Å². The van der Waals surface area contributed by atoms with E-state index in [0.29, 0.717) is 28.6 Å². The summed E-state index contributed by atoms with van der Waals surface area (Å²) in [6.07, 6.45) is 1.65. The van der Waals surface area contributed by atoms with Gasteiger partial charge >= 0.3 is 5.97 Å². The van der Waals surface area contributed by atoms with Crippen molar-refractivity contribution in [3.63, 3.8) is 0 Å². The first-order valence-corrected chi connectivity index (χ1v) is 6.79. The van der Waals surface area contributed by atoms with E-state index in [2.05, 4.69) is 5.32 Å². The van der Waals surface area contributed by atoms with Gasteiger partial charge in [0.15, 0.2) is 0 Å². The summed E-state index contributed by atoms with van der Waals surface area (Å²) in [6.45, 7) is 2.07. The fraction of sp³-hybridized carbons (Fsp3) is 0.200. The Bertz CT molecular complexity index is 662. The van der Waals surface area contributed by atoms with E-state index in [0.717, 1.165) is 0 Å². The van der Waals surface area contributed by atoms with Gasteiger partial charge in [0.25, 0.3) is 5.91 Å². The molecule has 0 fully saturated rings. The molecule has 0 saturated heterocycles. The molecule has 1 N–H and O–H groups in total. The highest BCUT2D eigenvalue weighted by molar-refractivity contribution is 6.31. The zero-order valence-electron chi connectivity index (χ0n) is 11.7. The van der Waals surface area contributed by atoms with Crippen LogP contribution in [0.25, 0.3) is 0 Å². The summed E-state index contributed by atoms with van der Waals surface area (Å²) in [4.78, 5) is 23.6. The standard InChI is InChI=1S/C15H15ClN2O3/c1-3-21-15(20)10-4-6-12(7-5-10)17-14(19)13-8-11(16)9-18(13)2/h4-9H,3H2,1-2H3,(H,17,19). The second-order valence-electron chi connectivity index (χ2n) is 4.41. The lowest BCUT2D eigenvalue weighted by atomic mass is 10.2. The number of nitrogens with zero attached hydrogens (tertiary/aromatic N) is 1. The summed E-state index contributed by atoms with van der Waals surface area (Å²) in [5, 5.41) is 3.24. The van der Waals surface area contributed by atoms with Crippen molar-refractivity contribution < 1.29 is 14.3 Å². The van der Waals surface area contributed by atoms with E-state index in [1.807, 2.05) is 0 Å². The molecule has 1 aromatic heterocycles. The van der Waals surface area contributed by atoms with Crippen LogP contribution in [0.1, 0.15) is 27.8 Å². The number of hydrogen-bond donors (Lipinski definition) is 1. The van der Waals surface area contributed by atoms with E-state index in [1.165, 1.54) is 0 Å². The predicted molar refractivity (Wildman–Crippen MR) is 80.8 cm³/mol. The first-order valence-electron chi connectivity index (χ1n) is 6.41. The fourth-order valence-electron chi connectivity index (χ4n) is 1.85. The number of halogens is 1. The van der Waals surface area contributed by atoms with Gasteiger partial charge in [0, 0.05) is 18.9 Å². The van der Waals surface area contributed by atoms with Gasteiger partial charge in [0.2, 0.25) is 0 Å². The van der Waals surface area contributed by atoms with Crippen LogP contribution in [-0.4, -0.2) is 23.1 Å². The summed E-state index contributed by atoms with van der Waals surface area (Å²) >= 11 is 5.85. The quantitative estimate of drug-likeness (QED) is 0.883. The molecule has 6 heteroatoms. The van der Waals surface area contributed by atoms with Crippen LogP contribution in [0.3, 0.4) is 0 Å². The van der Waals surface area contributed by atoms with Gasteiger partial charge in [0.05, 0.1) is 17.2 Å². The molecule has 0 aliphatic heterocycles. The molecule has 0 aliphatic rings. The third-order valence-corrected chi connectivity index (χ3v) is 3.06. The van der Waals surface area contributed by atoms with Crippen LogP contribution in [0.2, 0.25) is 5.02 Å². The van der Waals surface area contributed by atoms with Gasteiger partial charge < -0.3 is 14.6 Å². The minimum atomic E-state index is -0.385. The van der Waals surface area contributed by atoms with E-state index < -0.39 is 0 Å². The van der Waals surface area contributed by atoms with E-state index >= 15 is 0 Å². The molecule has 0 aliphatic carbocycles. The summed E-state index contributed by atoms with van der Waals surface area (Å²) in [5.41, 5.74) is 1.48. The molecule has 0 bridgehead atoms. The number of carbonyl (C=O) groups is 2. The SMILES string of the molecule is CCOC(=O)c1ccc(NC(=O)c2cc(Cl)cn2C)cc1. The maximum absolute atomic E-state index is 12.1. The Hall–Kier alpha value is -2.27. The normalized spacial score (nSPS) is 10.2. The van der Waals surface area contributed by atoms with Crippen molar-refractivity contribution in [1.82, 2.24) is 4.57 Å². The van der Waals surface area contributed by atoms with Crippen molar-refractivity contribution >= 4 is 29.2 Å². The molecule has 21 heavy (non-hydrogen) atoms. The Morgan fingerprint density at radius 3 is 2.48 bits per heavy atom. The number of aromatic nitrogens is 1. The number of carbonyl (C=O) groups excluding carboxylic acids is 2. The number of hydrogen-bond acceptors (Lipinski definition) is 3. The molecule has 0 saturated carbocycles. The van der Waals surface area contributed by atoms with Crippen molar-refractivity contribution in [1.29, 1.82) is 0 Å². The molecule has 2 rings (SSSR count). The number of amides is 1. The monoisotopic (exact) mass is 306 g/mol. The summed E-state index contributed by atoms with van der Waals surface area (Å²) in [5.74, 6) is -0.655. The number of aryl methyl sites for hydroxylation is 1. The highest BCUT2D eigenvalue weighted by Crippen LogP contribution is 2.16. The molecule has 1 aromatic carbocycles. The Morgan fingerprint density at radius 2 is 1.95 bits per heavy atom. The highest BCUT2D eigenvalue weighted by Gasteiger charge is 2.12. The van der Waals surface area contributed by atoms with Gasteiger partial charge in [0.1, 0.15) is 5.69 Å². The van der Waals surface area contributed by atoms with Crippen LogP contribution in [0.4, 0.5) is 5.69 Å². The number of ether oxygens (including phenoxy) is 1. The largest absolute Gasteiger partial charge is 0.462 e. The summed E-state index contributed by atoms with van der Waals surface area (Å²) < 4.78 is 6.54.